The van der Waals surface area contributed by atoms with Crippen molar-refractivity contribution >= 4 is 27.7 Å². The number of rotatable bonds is 4. The van der Waals surface area contributed by atoms with Crippen LogP contribution in [0.1, 0.15) is 22.3 Å². The van der Waals surface area contributed by atoms with Gasteiger partial charge in [-0.25, -0.2) is 0 Å². The second-order valence-corrected chi connectivity index (χ2v) is 7.55. The lowest BCUT2D eigenvalue weighted by molar-refractivity contribution is -0.133. The summed E-state index contributed by atoms with van der Waals surface area (Å²) in [6.07, 6.45) is 0.760. The van der Waals surface area contributed by atoms with Crippen molar-refractivity contribution in [1.82, 2.24) is 9.80 Å². The third-order valence-corrected chi connectivity index (χ3v) is 5.08. The molecule has 1 fully saturated rings. The van der Waals surface area contributed by atoms with E-state index in [9.17, 15) is 9.59 Å². The summed E-state index contributed by atoms with van der Waals surface area (Å²) < 4.78 is 6.48. The number of benzene rings is 2. The van der Waals surface area contributed by atoms with Gasteiger partial charge in [0.2, 0.25) is 0 Å². The van der Waals surface area contributed by atoms with Crippen LogP contribution in [0, 0.1) is 6.92 Å². The smallest absolute Gasteiger partial charge is 0.260 e. The van der Waals surface area contributed by atoms with Crippen LogP contribution in [0.3, 0.4) is 0 Å². The SMILES string of the molecule is Cc1ccc(OCC(=O)N2CCCN(C(=O)c3cccc(Br)c3)CC2)cc1. The topological polar surface area (TPSA) is 49.9 Å². The molecule has 6 heteroatoms. The van der Waals surface area contributed by atoms with Crippen LogP contribution >= 0.6 is 15.9 Å². The molecule has 27 heavy (non-hydrogen) atoms. The predicted molar refractivity (Wildman–Crippen MR) is 108 cm³/mol. The zero-order valence-corrected chi connectivity index (χ0v) is 16.9. The molecule has 0 N–H and O–H groups in total. The van der Waals surface area contributed by atoms with E-state index in [-0.39, 0.29) is 18.4 Å². The summed E-state index contributed by atoms with van der Waals surface area (Å²) in [6.45, 7) is 4.36. The van der Waals surface area contributed by atoms with E-state index in [1.54, 1.807) is 4.90 Å². The summed E-state index contributed by atoms with van der Waals surface area (Å²) in [4.78, 5) is 28.8. The number of halogens is 1. The van der Waals surface area contributed by atoms with Crippen molar-refractivity contribution in [1.29, 1.82) is 0 Å². The van der Waals surface area contributed by atoms with Crippen molar-refractivity contribution in [2.45, 2.75) is 13.3 Å². The van der Waals surface area contributed by atoms with E-state index in [1.807, 2.05) is 60.4 Å². The Morgan fingerprint density at radius 3 is 2.44 bits per heavy atom. The monoisotopic (exact) mass is 430 g/mol. The van der Waals surface area contributed by atoms with Gasteiger partial charge in [0.15, 0.2) is 6.61 Å². The summed E-state index contributed by atoms with van der Waals surface area (Å²) in [5.41, 5.74) is 1.81. The molecule has 2 aromatic rings. The molecular weight excluding hydrogens is 408 g/mol. The first-order valence-corrected chi connectivity index (χ1v) is 9.84. The Morgan fingerprint density at radius 2 is 1.70 bits per heavy atom. The molecule has 0 spiro atoms. The van der Waals surface area contributed by atoms with Crippen LogP contribution in [-0.4, -0.2) is 54.4 Å². The van der Waals surface area contributed by atoms with Gasteiger partial charge in [0.25, 0.3) is 11.8 Å². The lowest BCUT2D eigenvalue weighted by Gasteiger charge is -2.22. The number of hydrogen-bond acceptors (Lipinski definition) is 3. The van der Waals surface area contributed by atoms with E-state index in [4.69, 9.17) is 4.74 Å². The van der Waals surface area contributed by atoms with Crippen LogP contribution in [-0.2, 0) is 4.79 Å². The van der Waals surface area contributed by atoms with E-state index in [0.717, 1.165) is 16.5 Å². The van der Waals surface area contributed by atoms with E-state index in [2.05, 4.69) is 15.9 Å². The molecule has 2 aromatic carbocycles. The summed E-state index contributed by atoms with van der Waals surface area (Å²) in [7, 11) is 0. The van der Waals surface area contributed by atoms with Gasteiger partial charge in [-0.1, -0.05) is 39.7 Å². The summed E-state index contributed by atoms with van der Waals surface area (Å²) in [5, 5.41) is 0. The highest BCUT2D eigenvalue weighted by Crippen LogP contribution is 2.15. The Bertz CT molecular complexity index is 807. The molecule has 1 heterocycles. The highest BCUT2D eigenvalue weighted by molar-refractivity contribution is 9.10. The molecule has 0 unspecified atom stereocenters. The maximum absolute atomic E-state index is 12.7. The third-order valence-electron chi connectivity index (χ3n) is 4.59. The van der Waals surface area contributed by atoms with Gasteiger partial charge < -0.3 is 14.5 Å². The quantitative estimate of drug-likeness (QED) is 0.745. The summed E-state index contributed by atoms with van der Waals surface area (Å²) >= 11 is 3.40. The highest BCUT2D eigenvalue weighted by atomic mass is 79.9. The Kier molecular flexibility index (Phi) is 6.50. The van der Waals surface area contributed by atoms with Crippen molar-refractivity contribution in [3.8, 4) is 5.75 Å². The average molecular weight is 431 g/mol. The second kappa shape index (κ2) is 9.04. The first-order chi connectivity index (χ1) is 13.0. The molecule has 0 atom stereocenters. The van der Waals surface area contributed by atoms with E-state index >= 15 is 0 Å². The molecule has 1 aliphatic rings. The van der Waals surface area contributed by atoms with Gasteiger partial charge >= 0.3 is 0 Å². The van der Waals surface area contributed by atoms with E-state index in [0.29, 0.717) is 37.5 Å². The lowest BCUT2D eigenvalue weighted by Crippen LogP contribution is -2.39. The standard InChI is InChI=1S/C21H23BrN2O3/c1-16-6-8-19(9-7-16)27-15-20(25)23-10-3-11-24(13-12-23)21(26)17-4-2-5-18(22)14-17/h2,4-9,14H,3,10-13,15H2,1H3. The molecule has 0 saturated carbocycles. The number of amides is 2. The van der Waals surface area contributed by atoms with Gasteiger partial charge in [0.1, 0.15) is 5.75 Å². The van der Waals surface area contributed by atoms with Crippen LogP contribution in [0.4, 0.5) is 0 Å². The largest absolute Gasteiger partial charge is 0.484 e. The van der Waals surface area contributed by atoms with Crippen molar-refractivity contribution in [2.24, 2.45) is 0 Å². The second-order valence-electron chi connectivity index (χ2n) is 6.64. The number of nitrogens with zero attached hydrogens (tertiary/aromatic N) is 2. The van der Waals surface area contributed by atoms with Gasteiger partial charge in [0.05, 0.1) is 0 Å². The third kappa shape index (κ3) is 5.32. The van der Waals surface area contributed by atoms with Gasteiger partial charge in [-0.05, 0) is 43.7 Å². The van der Waals surface area contributed by atoms with Gasteiger partial charge in [0, 0.05) is 36.2 Å². The Morgan fingerprint density at radius 1 is 1.00 bits per heavy atom. The van der Waals surface area contributed by atoms with Crippen LogP contribution < -0.4 is 4.74 Å². The van der Waals surface area contributed by atoms with Crippen molar-refractivity contribution < 1.29 is 14.3 Å². The van der Waals surface area contributed by atoms with Crippen molar-refractivity contribution in [2.75, 3.05) is 32.8 Å². The Balaban J connectivity index is 1.53. The van der Waals surface area contributed by atoms with Crippen molar-refractivity contribution in [3.05, 3.63) is 64.1 Å². The zero-order chi connectivity index (χ0) is 19.2. The molecular formula is C21H23BrN2O3. The minimum Gasteiger partial charge on any atom is -0.484 e. The molecule has 142 valence electrons. The van der Waals surface area contributed by atoms with Crippen LogP contribution in [0.15, 0.2) is 53.0 Å². The Labute approximate surface area is 168 Å². The molecule has 0 radical (unpaired) electrons. The van der Waals surface area contributed by atoms with Crippen molar-refractivity contribution in [3.63, 3.8) is 0 Å². The fraction of sp³-hybridized carbons (Fsp3) is 0.333. The fourth-order valence-electron chi connectivity index (χ4n) is 3.04. The normalized spacial score (nSPS) is 14.6. The molecule has 0 aliphatic carbocycles. The van der Waals surface area contributed by atoms with E-state index in [1.165, 1.54) is 0 Å². The lowest BCUT2D eigenvalue weighted by atomic mass is 10.2. The van der Waals surface area contributed by atoms with Crippen LogP contribution in [0.5, 0.6) is 5.75 Å². The maximum atomic E-state index is 12.7. The van der Waals surface area contributed by atoms with Gasteiger partial charge in [-0.2, -0.15) is 0 Å². The molecule has 1 aliphatic heterocycles. The fourth-order valence-corrected chi connectivity index (χ4v) is 3.44. The Hall–Kier alpha value is -2.34. The number of hydrogen-bond donors (Lipinski definition) is 0. The molecule has 0 aromatic heterocycles. The molecule has 2 amide bonds. The average Bonchev–Trinajstić information content (AvgIpc) is 2.93. The molecule has 5 nitrogen and oxygen atoms in total. The number of ether oxygens (including phenoxy) is 1. The number of carbonyl (C=O) groups is 2. The van der Waals surface area contributed by atoms with E-state index < -0.39 is 0 Å². The first-order valence-electron chi connectivity index (χ1n) is 9.05. The van der Waals surface area contributed by atoms with Crippen LogP contribution in [0.2, 0.25) is 0 Å². The van der Waals surface area contributed by atoms with Crippen LogP contribution in [0.25, 0.3) is 0 Å². The maximum Gasteiger partial charge on any atom is 0.260 e. The van der Waals surface area contributed by atoms with Gasteiger partial charge in [-0.3, -0.25) is 9.59 Å². The highest BCUT2D eigenvalue weighted by Gasteiger charge is 2.23. The van der Waals surface area contributed by atoms with Gasteiger partial charge in [-0.15, -0.1) is 0 Å². The zero-order valence-electron chi connectivity index (χ0n) is 15.4. The minimum atomic E-state index is -0.0488. The predicted octanol–water partition coefficient (Wildman–Crippen LogP) is 3.51. The number of carbonyl (C=O) groups excluding carboxylic acids is 2. The summed E-state index contributed by atoms with van der Waals surface area (Å²) in [5.74, 6) is 0.643. The minimum absolute atomic E-state index is 0.00139. The first kappa shape index (κ1) is 19.4. The molecule has 0 bridgehead atoms. The molecule has 3 rings (SSSR count). The molecule has 1 saturated heterocycles. The number of aryl methyl sites for hydroxylation is 1. The summed E-state index contributed by atoms with van der Waals surface area (Å²) in [6, 6.07) is 15.0.